The predicted molar refractivity (Wildman–Crippen MR) is 339 cm³/mol. The zero-order chi connectivity index (χ0) is 56.4. The molecular weight excluding hydrogens is 961 g/mol. The molecular formula is C72H134O6. The summed E-state index contributed by atoms with van der Waals surface area (Å²) >= 11 is 0. The smallest absolute Gasteiger partial charge is 0.306 e. The van der Waals surface area contributed by atoms with Crippen LogP contribution in [0.1, 0.15) is 387 Å². The van der Waals surface area contributed by atoms with Gasteiger partial charge in [-0.15, -0.1) is 0 Å². The molecule has 0 saturated carbocycles. The van der Waals surface area contributed by atoms with Crippen molar-refractivity contribution in [1.29, 1.82) is 0 Å². The lowest BCUT2D eigenvalue weighted by atomic mass is 10.0. The quantitative estimate of drug-likeness (QED) is 0.0261. The van der Waals surface area contributed by atoms with Crippen molar-refractivity contribution in [3.8, 4) is 0 Å². The van der Waals surface area contributed by atoms with Crippen LogP contribution in [0.15, 0.2) is 36.5 Å². The van der Waals surface area contributed by atoms with E-state index in [1.807, 2.05) is 0 Å². The van der Waals surface area contributed by atoms with E-state index in [9.17, 15) is 14.4 Å². The lowest BCUT2D eigenvalue weighted by molar-refractivity contribution is -0.167. The number of allylic oxidation sites excluding steroid dienone is 6. The molecule has 0 bridgehead atoms. The first kappa shape index (κ1) is 75.6. The van der Waals surface area contributed by atoms with Gasteiger partial charge in [-0.25, -0.2) is 0 Å². The number of carbonyl (C=O) groups is 3. The average Bonchev–Trinajstić information content (AvgIpc) is 3.44. The molecule has 0 aromatic rings. The third kappa shape index (κ3) is 64.5. The maximum atomic E-state index is 12.9. The second-order valence-electron chi connectivity index (χ2n) is 23.8. The van der Waals surface area contributed by atoms with Gasteiger partial charge in [0.25, 0.3) is 0 Å². The van der Waals surface area contributed by atoms with Crippen molar-refractivity contribution in [1.82, 2.24) is 0 Å². The van der Waals surface area contributed by atoms with Crippen LogP contribution in [0, 0.1) is 0 Å². The van der Waals surface area contributed by atoms with Gasteiger partial charge in [-0.05, 0) is 77.0 Å². The van der Waals surface area contributed by atoms with Gasteiger partial charge in [0, 0.05) is 19.3 Å². The molecule has 0 N–H and O–H groups in total. The largest absolute Gasteiger partial charge is 0.462 e. The van der Waals surface area contributed by atoms with Crippen LogP contribution >= 0.6 is 0 Å². The number of rotatable bonds is 65. The van der Waals surface area contributed by atoms with Crippen LogP contribution in [0.5, 0.6) is 0 Å². The maximum Gasteiger partial charge on any atom is 0.306 e. The molecule has 1 atom stereocenters. The Hall–Kier alpha value is -2.37. The van der Waals surface area contributed by atoms with E-state index in [1.165, 1.54) is 283 Å². The second kappa shape index (κ2) is 67.1. The highest BCUT2D eigenvalue weighted by molar-refractivity contribution is 5.71. The molecule has 0 spiro atoms. The minimum absolute atomic E-state index is 0.0687. The monoisotopic (exact) mass is 1100 g/mol. The molecule has 6 heteroatoms. The topological polar surface area (TPSA) is 78.9 Å². The summed E-state index contributed by atoms with van der Waals surface area (Å²) in [6.45, 7) is 6.69. The summed E-state index contributed by atoms with van der Waals surface area (Å²) in [5.74, 6) is -0.846. The Morgan fingerprint density at radius 3 is 0.718 bits per heavy atom. The highest BCUT2D eigenvalue weighted by Crippen LogP contribution is 2.18. The minimum atomic E-state index is -0.772. The first-order valence-corrected chi connectivity index (χ1v) is 35.0. The van der Waals surface area contributed by atoms with Crippen molar-refractivity contribution in [2.75, 3.05) is 13.2 Å². The minimum Gasteiger partial charge on any atom is -0.462 e. The molecule has 0 aromatic carbocycles. The van der Waals surface area contributed by atoms with Crippen molar-refractivity contribution in [2.45, 2.75) is 393 Å². The Morgan fingerprint density at radius 2 is 0.462 bits per heavy atom. The molecule has 0 fully saturated rings. The number of ether oxygens (including phenoxy) is 3. The Morgan fingerprint density at radius 1 is 0.256 bits per heavy atom. The van der Waals surface area contributed by atoms with E-state index in [1.54, 1.807) is 0 Å². The van der Waals surface area contributed by atoms with E-state index in [2.05, 4.69) is 57.2 Å². The van der Waals surface area contributed by atoms with Crippen molar-refractivity contribution in [3.05, 3.63) is 36.5 Å². The Labute approximate surface area is 486 Å². The van der Waals surface area contributed by atoms with E-state index < -0.39 is 6.10 Å². The summed E-state index contributed by atoms with van der Waals surface area (Å²) in [6, 6.07) is 0. The Kier molecular flexibility index (Phi) is 65.1. The summed E-state index contributed by atoms with van der Waals surface area (Å²) in [5, 5.41) is 0. The number of carbonyl (C=O) groups excluding carboxylic acids is 3. The van der Waals surface area contributed by atoms with Gasteiger partial charge in [-0.3, -0.25) is 14.4 Å². The maximum absolute atomic E-state index is 12.9. The highest BCUT2D eigenvalue weighted by Gasteiger charge is 2.19. The third-order valence-corrected chi connectivity index (χ3v) is 15.9. The van der Waals surface area contributed by atoms with Gasteiger partial charge in [0.2, 0.25) is 0 Å². The summed E-state index contributed by atoms with van der Waals surface area (Å²) in [7, 11) is 0. The molecule has 78 heavy (non-hydrogen) atoms. The van der Waals surface area contributed by atoms with Crippen molar-refractivity contribution in [3.63, 3.8) is 0 Å². The Bertz CT molecular complexity index is 1300. The Balaban J connectivity index is 4.20. The van der Waals surface area contributed by atoms with Gasteiger partial charge in [0.15, 0.2) is 6.10 Å². The van der Waals surface area contributed by atoms with Crippen LogP contribution < -0.4 is 0 Å². The molecule has 0 heterocycles. The SMILES string of the molecule is CCCCCCC/C=C\C/C=C\CCCCCCCCCCCC(=O)OC(COC(=O)CCCCCCCCCCCCCC)COC(=O)CCCCCCCCCCCCCCCCC/C=C\CCCCCCCCCC. The van der Waals surface area contributed by atoms with Crippen LogP contribution in [-0.2, 0) is 28.6 Å². The molecule has 1 unspecified atom stereocenters. The molecule has 0 aliphatic heterocycles. The van der Waals surface area contributed by atoms with Crippen LogP contribution in [0.3, 0.4) is 0 Å². The van der Waals surface area contributed by atoms with E-state index in [-0.39, 0.29) is 31.1 Å². The summed E-state index contributed by atoms with van der Waals surface area (Å²) in [5.41, 5.74) is 0. The zero-order valence-electron chi connectivity index (χ0n) is 52.7. The molecule has 0 aliphatic carbocycles. The zero-order valence-corrected chi connectivity index (χ0v) is 52.7. The number of unbranched alkanes of at least 4 members (excludes halogenated alkanes) is 48. The summed E-state index contributed by atoms with van der Waals surface area (Å²) in [6.07, 6.45) is 83.1. The lowest BCUT2D eigenvalue weighted by Crippen LogP contribution is -2.30. The van der Waals surface area contributed by atoms with Crippen LogP contribution in [0.25, 0.3) is 0 Å². The summed E-state index contributed by atoms with van der Waals surface area (Å²) < 4.78 is 17.0. The van der Waals surface area contributed by atoms with Crippen molar-refractivity contribution in [2.24, 2.45) is 0 Å². The number of esters is 3. The fraction of sp³-hybridized carbons (Fsp3) is 0.875. The van der Waals surface area contributed by atoms with Gasteiger partial charge in [-0.2, -0.15) is 0 Å². The lowest BCUT2D eigenvalue weighted by Gasteiger charge is -2.18. The van der Waals surface area contributed by atoms with E-state index >= 15 is 0 Å². The highest BCUT2D eigenvalue weighted by atomic mass is 16.6. The van der Waals surface area contributed by atoms with Gasteiger partial charge >= 0.3 is 17.9 Å². The van der Waals surface area contributed by atoms with Crippen LogP contribution in [0.2, 0.25) is 0 Å². The van der Waals surface area contributed by atoms with Crippen molar-refractivity contribution < 1.29 is 28.6 Å². The normalized spacial score (nSPS) is 12.2. The number of hydrogen-bond acceptors (Lipinski definition) is 6. The molecule has 0 aromatic heterocycles. The van der Waals surface area contributed by atoms with E-state index in [4.69, 9.17) is 14.2 Å². The molecule has 458 valence electrons. The fourth-order valence-corrected chi connectivity index (χ4v) is 10.6. The molecule has 0 radical (unpaired) electrons. The average molecular weight is 1100 g/mol. The van der Waals surface area contributed by atoms with Crippen LogP contribution in [-0.4, -0.2) is 37.2 Å². The first-order valence-electron chi connectivity index (χ1n) is 35.0. The molecule has 6 nitrogen and oxygen atoms in total. The van der Waals surface area contributed by atoms with Gasteiger partial charge < -0.3 is 14.2 Å². The third-order valence-electron chi connectivity index (χ3n) is 15.9. The van der Waals surface area contributed by atoms with Gasteiger partial charge in [0.1, 0.15) is 13.2 Å². The molecule has 0 rings (SSSR count). The van der Waals surface area contributed by atoms with Crippen LogP contribution in [0.4, 0.5) is 0 Å². The van der Waals surface area contributed by atoms with E-state index in [0.717, 1.165) is 64.2 Å². The van der Waals surface area contributed by atoms with E-state index in [0.29, 0.717) is 19.3 Å². The fourth-order valence-electron chi connectivity index (χ4n) is 10.6. The molecule has 0 saturated heterocycles. The van der Waals surface area contributed by atoms with Gasteiger partial charge in [0.05, 0.1) is 0 Å². The van der Waals surface area contributed by atoms with Crippen molar-refractivity contribution >= 4 is 17.9 Å². The predicted octanol–water partition coefficient (Wildman–Crippen LogP) is 23.9. The van der Waals surface area contributed by atoms with Gasteiger partial charge in [-0.1, -0.05) is 327 Å². The summed E-state index contributed by atoms with van der Waals surface area (Å²) in [4.78, 5) is 38.4. The molecule has 0 aliphatic rings. The second-order valence-corrected chi connectivity index (χ2v) is 23.8. The number of hydrogen-bond donors (Lipinski definition) is 0. The first-order chi connectivity index (χ1) is 38.5. The molecule has 0 amide bonds. The standard InChI is InChI=1S/C72H134O6/c1-4-7-10-13-16-19-22-25-27-29-31-33-34-35-36-37-38-40-41-43-45-47-50-53-56-59-62-65-71(74)77-68-69(67-76-70(73)64-61-58-55-52-49-24-21-18-15-12-9-6-3)78-72(75)66-63-60-57-54-51-48-46-44-42-39-32-30-28-26-23-20-17-14-11-8-5-2/h23,26,29-32,69H,4-22,24-25,27-28,33-68H2,1-3H3/b26-23-,31-29-,32-30-.